The number of amides is 2. The van der Waals surface area contributed by atoms with Crippen molar-refractivity contribution in [1.29, 1.82) is 0 Å². The van der Waals surface area contributed by atoms with E-state index in [1.807, 2.05) is 20.8 Å². The number of anilines is 1. The SMILES string of the molecule is C[NH+](CC(=O)Nc1cc(Cl)c(Cl)cc1Cl)CC(=O)NC(C)(C)C. The Kier molecular flexibility index (Phi) is 7.14. The van der Waals surface area contributed by atoms with Crippen molar-refractivity contribution in [2.24, 2.45) is 0 Å². The Hall–Kier alpha value is -1.01. The molecule has 1 rings (SSSR count). The number of rotatable bonds is 5. The molecular formula is C15H21Cl3N3O2+. The molecule has 0 aliphatic rings. The zero-order valence-electron chi connectivity index (χ0n) is 13.5. The van der Waals surface area contributed by atoms with Gasteiger partial charge in [0.25, 0.3) is 11.8 Å². The predicted octanol–water partition coefficient (Wildman–Crippen LogP) is 2.01. The minimum Gasteiger partial charge on any atom is -0.347 e. The van der Waals surface area contributed by atoms with Crippen LogP contribution in [0.5, 0.6) is 0 Å². The monoisotopic (exact) mass is 380 g/mol. The zero-order chi connectivity index (χ0) is 17.8. The highest BCUT2D eigenvalue weighted by Gasteiger charge is 2.19. The van der Waals surface area contributed by atoms with E-state index in [1.165, 1.54) is 12.1 Å². The van der Waals surface area contributed by atoms with Gasteiger partial charge in [0.15, 0.2) is 13.1 Å². The molecule has 1 aromatic rings. The number of hydrogen-bond donors (Lipinski definition) is 3. The lowest BCUT2D eigenvalue weighted by atomic mass is 10.1. The first-order valence-electron chi connectivity index (χ1n) is 7.04. The maximum Gasteiger partial charge on any atom is 0.279 e. The van der Waals surface area contributed by atoms with Gasteiger partial charge in [-0.25, -0.2) is 0 Å². The van der Waals surface area contributed by atoms with Crippen molar-refractivity contribution in [2.45, 2.75) is 26.3 Å². The molecule has 23 heavy (non-hydrogen) atoms. The number of carbonyl (C=O) groups excluding carboxylic acids is 2. The molecule has 0 heterocycles. The molecule has 0 radical (unpaired) electrons. The second-order valence-corrected chi connectivity index (χ2v) is 7.62. The van der Waals surface area contributed by atoms with Crippen LogP contribution >= 0.6 is 34.8 Å². The van der Waals surface area contributed by atoms with Crippen LogP contribution in [-0.2, 0) is 9.59 Å². The lowest BCUT2D eigenvalue weighted by molar-refractivity contribution is -0.862. The third-order valence-corrected chi connectivity index (χ3v) is 3.76. The molecule has 0 aliphatic heterocycles. The van der Waals surface area contributed by atoms with Gasteiger partial charge >= 0.3 is 0 Å². The Balaban J connectivity index is 2.57. The summed E-state index contributed by atoms with van der Waals surface area (Å²) in [5, 5.41) is 6.44. The standard InChI is InChI=1S/C15H20Cl3N3O2/c1-15(2,3)20-14(23)8-21(4)7-13(22)19-12-6-10(17)9(16)5-11(12)18/h5-6H,7-8H2,1-4H3,(H,19,22)(H,20,23)/p+1. The Morgan fingerprint density at radius 3 is 2.09 bits per heavy atom. The highest BCUT2D eigenvalue weighted by molar-refractivity contribution is 6.44. The molecule has 0 aromatic heterocycles. The summed E-state index contributed by atoms with van der Waals surface area (Å²) in [6, 6.07) is 2.96. The lowest BCUT2D eigenvalue weighted by Crippen LogP contribution is -3.11. The zero-order valence-corrected chi connectivity index (χ0v) is 15.8. The number of halogens is 3. The van der Waals surface area contributed by atoms with E-state index < -0.39 is 0 Å². The normalized spacial score (nSPS) is 12.7. The predicted molar refractivity (Wildman–Crippen MR) is 94.6 cm³/mol. The highest BCUT2D eigenvalue weighted by atomic mass is 35.5. The van der Waals surface area contributed by atoms with E-state index in [0.717, 1.165) is 4.90 Å². The third kappa shape index (κ3) is 7.40. The number of hydrogen-bond acceptors (Lipinski definition) is 2. The molecule has 5 nitrogen and oxygen atoms in total. The summed E-state index contributed by atoms with van der Waals surface area (Å²) in [5.41, 5.74) is 0.0886. The summed E-state index contributed by atoms with van der Waals surface area (Å²) in [5.74, 6) is -0.387. The first kappa shape index (κ1) is 20.0. The largest absolute Gasteiger partial charge is 0.347 e. The van der Waals surface area contributed by atoms with Crippen molar-refractivity contribution in [1.82, 2.24) is 5.32 Å². The van der Waals surface area contributed by atoms with Crippen LogP contribution in [0.1, 0.15) is 20.8 Å². The quantitative estimate of drug-likeness (QED) is 0.683. The van der Waals surface area contributed by atoms with Gasteiger partial charge in [-0.1, -0.05) is 34.8 Å². The van der Waals surface area contributed by atoms with E-state index in [1.54, 1.807) is 7.05 Å². The molecule has 3 N–H and O–H groups in total. The molecule has 0 saturated carbocycles. The van der Waals surface area contributed by atoms with E-state index >= 15 is 0 Å². The van der Waals surface area contributed by atoms with Gasteiger partial charge in [-0.15, -0.1) is 0 Å². The van der Waals surface area contributed by atoms with Crippen molar-refractivity contribution in [2.75, 3.05) is 25.5 Å². The van der Waals surface area contributed by atoms with Gasteiger partial charge in [-0.3, -0.25) is 9.59 Å². The first-order chi connectivity index (χ1) is 10.5. The van der Waals surface area contributed by atoms with Gasteiger partial charge < -0.3 is 15.5 Å². The van der Waals surface area contributed by atoms with Crippen molar-refractivity contribution in [3.63, 3.8) is 0 Å². The van der Waals surface area contributed by atoms with Crippen molar-refractivity contribution >= 4 is 52.3 Å². The van der Waals surface area contributed by atoms with Crippen molar-refractivity contribution < 1.29 is 14.5 Å². The molecule has 0 spiro atoms. The molecule has 0 bridgehead atoms. The topological polar surface area (TPSA) is 62.6 Å². The molecule has 0 fully saturated rings. The van der Waals surface area contributed by atoms with E-state index in [-0.39, 0.29) is 30.4 Å². The number of likely N-dealkylation sites (N-methyl/N-ethyl adjacent to an activating group) is 1. The van der Waals surface area contributed by atoms with Crippen LogP contribution in [0.4, 0.5) is 5.69 Å². The summed E-state index contributed by atoms with van der Waals surface area (Å²) >= 11 is 17.8. The average molecular weight is 382 g/mol. The fraction of sp³-hybridized carbons (Fsp3) is 0.467. The number of carbonyl (C=O) groups is 2. The van der Waals surface area contributed by atoms with E-state index in [0.29, 0.717) is 20.8 Å². The summed E-state index contributed by atoms with van der Waals surface area (Å²) in [7, 11) is 1.76. The number of nitrogens with one attached hydrogen (secondary N) is 3. The highest BCUT2D eigenvalue weighted by Crippen LogP contribution is 2.32. The Bertz CT molecular complexity index is 600. The maximum atomic E-state index is 12.0. The van der Waals surface area contributed by atoms with Crippen molar-refractivity contribution in [3.8, 4) is 0 Å². The summed E-state index contributed by atoms with van der Waals surface area (Å²) in [6.07, 6.45) is 0. The minimum absolute atomic E-state index is 0.115. The van der Waals surface area contributed by atoms with Gasteiger partial charge in [0.05, 0.1) is 27.8 Å². The minimum atomic E-state index is -0.298. The molecule has 0 aliphatic carbocycles. The van der Waals surface area contributed by atoms with Crippen LogP contribution < -0.4 is 15.5 Å². The Morgan fingerprint density at radius 2 is 1.52 bits per heavy atom. The van der Waals surface area contributed by atoms with Crippen LogP contribution in [-0.4, -0.2) is 37.5 Å². The smallest absolute Gasteiger partial charge is 0.279 e. The second-order valence-electron chi connectivity index (χ2n) is 6.40. The van der Waals surface area contributed by atoms with Gasteiger partial charge in [0.1, 0.15) is 0 Å². The molecule has 128 valence electrons. The van der Waals surface area contributed by atoms with Gasteiger partial charge in [-0.05, 0) is 32.9 Å². The summed E-state index contributed by atoms with van der Waals surface area (Å²) in [6.45, 7) is 6.02. The molecule has 2 amide bonds. The number of benzene rings is 1. The lowest BCUT2D eigenvalue weighted by Gasteiger charge is -2.21. The Morgan fingerprint density at radius 1 is 1.00 bits per heavy atom. The van der Waals surface area contributed by atoms with Crippen LogP contribution in [0, 0.1) is 0 Å². The van der Waals surface area contributed by atoms with Gasteiger partial charge in [0.2, 0.25) is 0 Å². The van der Waals surface area contributed by atoms with E-state index in [9.17, 15) is 9.59 Å². The fourth-order valence-electron chi connectivity index (χ4n) is 1.89. The van der Waals surface area contributed by atoms with Crippen molar-refractivity contribution in [3.05, 3.63) is 27.2 Å². The number of quaternary nitrogens is 1. The van der Waals surface area contributed by atoms with Crippen LogP contribution in [0.25, 0.3) is 0 Å². The third-order valence-electron chi connectivity index (χ3n) is 2.72. The fourth-order valence-corrected chi connectivity index (χ4v) is 2.48. The molecule has 1 atom stereocenters. The summed E-state index contributed by atoms with van der Waals surface area (Å²) < 4.78 is 0. The van der Waals surface area contributed by atoms with E-state index in [4.69, 9.17) is 34.8 Å². The second kappa shape index (κ2) is 8.20. The Labute approximate surface area is 151 Å². The molecule has 0 saturated heterocycles. The van der Waals surface area contributed by atoms with Gasteiger partial charge in [0, 0.05) is 5.54 Å². The maximum absolute atomic E-state index is 12.0. The first-order valence-corrected chi connectivity index (χ1v) is 8.18. The van der Waals surface area contributed by atoms with Gasteiger partial charge in [-0.2, -0.15) is 0 Å². The van der Waals surface area contributed by atoms with E-state index in [2.05, 4.69) is 10.6 Å². The van der Waals surface area contributed by atoms with Crippen LogP contribution in [0.2, 0.25) is 15.1 Å². The van der Waals surface area contributed by atoms with Crippen LogP contribution in [0.15, 0.2) is 12.1 Å². The summed E-state index contributed by atoms with van der Waals surface area (Å²) in [4.78, 5) is 24.6. The average Bonchev–Trinajstić information content (AvgIpc) is 2.32. The molecular weight excluding hydrogens is 361 g/mol. The van der Waals surface area contributed by atoms with Crippen LogP contribution in [0.3, 0.4) is 0 Å². The molecule has 8 heteroatoms. The molecule has 1 aromatic carbocycles. The molecule has 1 unspecified atom stereocenters.